The average molecular weight is 124 g/mol. The summed E-state index contributed by atoms with van der Waals surface area (Å²) >= 11 is 5.27. The summed E-state index contributed by atoms with van der Waals surface area (Å²) in [5, 5.41) is 2.89. The molecule has 0 aromatic carbocycles. The van der Waals surface area contributed by atoms with Crippen LogP contribution in [-0.4, -0.2) is 26.3 Å². The van der Waals surface area contributed by atoms with Crippen molar-refractivity contribution in [1.29, 1.82) is 0 Å². The van der Waals surface area contributed by atoms with Gasteiger partial charge in [-0.2, -0.15) is 0 Å². The van der Waals surface area contributed by atoms with Crippen molar-refractivity contribution >= 4 is 11.6 Å². The molecule has 1 N–H and O–H groups in total. The number of alkyl halides is 1. The molecule has 0 saturated carbocycles. The second-order valence-corrected chi connectivity index (χ2v) is 1.39. The van der Waals surface area contributed by atoms with E-state index in [-0.39, 0.29) is 0 Å². The minimum Gasteiger partial charge on any atom is -0.383 e. The van der Waals surface area contributed by atoms with E-state index in [1.807, 2.05) is 0 Å². The highest BCUT2D eigenvalue weighted by Crippen LogP contribution is 1.66. The third-order valence-electron chi connectivity index (χ3n) is 0.577. The van der Waals surface area contributed by atoms with E-state index in [4.69, 9.17) is 16.3 Å². The molecule has 3 heteroatoms. The monoisotopic (exact) mass is 123 g/mol. The summed E-state index contributed by atoms with van der Waals surface area (Å²) < 4.78 is 4.72. The van der Waals surface area contributed by atoms with Crippen LogP contribution in [0.3, 0.4) is 0 Å². The van der Waals surface area contributed by atoms with Gasteiger partial charge in [0, 0.05) is 13.7 Å². The summed E-state index contributed by atoms with van der Waals surface area (Å²) in [6.45, 7) is 1.56. The topological polar surface area (TPSA) is 21.3 Å². The quantitative estimate of drug-likeness (QED) is 0.332. The van der Waals surface area contributed by atoms with Crippen molar-refractivity contribution in [3.63, 3.8) is 0 Å². The highest BCUT2D eigenvalue weighted by atomic mass is 35.5. The molecule has 0 fully saturated rings. The van der Waals surface area contributed by atoms with Gasteiger partial charge in [-0.05, 0) is 0 Å². The first-order valence-electron chi connectivity index (χ1n) is 2.17. The summed E-state index contributed by atoms with van der Waals surface area (Å²) in [6.07, 6.45) is 0. The highest BCUT2D eigenvalue weighted by Gasteiger charge is 1.77. The van der Waals surface area contributed by atoms with Crippen molar-refractivity contribution < 1.29 is 4.74 Å². The van der Waals surface area contributed by atoms with E-state index in [0.717, 1.165) is 13.2 Å². The molecule has 7 heavy (non-hydrogen) atoms. The minimum absolute atomic E-state index is 0.503. The molecule has 0 rings (SSSR count). The SMILES string of the molecule is COCCNCCl. The maximum atomic E-state index is 5.27. The van der Waals surface area contributed by atoms with Gasteiger partial charge in [0.2, 0.25) is 0 Å². The van der Waals surface area contributed by atoms with Gasteiger partial charge in [0.15, 0.2) is 0 Å². The standard InChI is InChI=1S/C4H10ClNO/c1-7-3-2-6-4-5/h6H,2-4H2,1H3. The van der Waals surface area contributed by atoms with Gasteiger partial charge in [0.05, 0.1) is 12.6 Å². The summed E-state index contributed by atoms with van der Waals surface area (Å²) in [7, 11) is 1.66. The average Bonchev–Trinajstić information content (AvgIpc) is 1.69. The van der Waals surface area contributed by atoms with E-state index in [9.17, 15) is 0 Å². The Hall–Kier alpha value is 0.210. The van der Waals surface area contributed by atoms with Gasteiger partial charge in [-0.25, -0.2) is 0 Å². The van der Waals surface area contributed by atoms with E-state index in [1.165, 1.54) is 0 Å². The molecule has 44 valence electrons. The second-order valence-electron chi connectivity index (χ2n) is 1.13. The Morgan fingerprint density at radius 2 is 2.43 bits per heavy atom. The number of hydrogen-bond donors (Lipinski definition) is 1. The van der Waals surface area contributed by atoms with E-state index < -0.39 is 0 Å². The molecule has 0 bridgehead atoms. The van der Waals surface area contributed by atoms with Gasteiger partial charge in [-0.15, -0.1) is 11.6 Å². The third kappa shape index (κ3) is 6.21. The molecule has 0 aliphatic carbocycles. The lowest BCUT2D eigenvalue weighted by molar-refractivity contribution is 0.201. The fourth-order valence-electron chi connectivity index (χ4n) is 0.241. The lowest BCUT2D eigenvalue weighted by Crippen LogP contribution is -2.16. The Labute approximate surface area is 48.8 Å². The third-order valence-corrected chi connectivity index (χ3v) is 0.766. The van der Waals surface area contributed by atoms with Crippen LogP contribution in [0, 0.1) is 0 Å². The highest BCUT2D eigenvalue weighted by molar-refractivity contribution is 6.17. The zero-order chi connectivity index (χ0) is 5.54. The van der Waals surface area contributed by atoms with Crippen LogP contribution < -0.4 is 5.32 Å². The van der Waals surface area contributed by atoms with E-state index in [2.05, 4.69) is 5.32 Å². The Morgan fingerprint density at radius 1 is 1.71 bits per heavy atom. The van der Waals surface area contributed by atoms with Crippen LogP contribution in [0.4, 0.5) is 0 Å². The molecule has 0 amide bonds. The lowest BCUT2D eigenvalue weighted by atomic mass is 10.7. The van der Waals surface area contributed by atoms with Crippen molar-refractivity contribution in [3.05, 3.63) is 0 Å². The zero-order valence-corrected chi connectivity index (χ0v) is 5.16. The van der Waals surface area contributed by atoms with Crippen LogP contribution in [0.5, 0.6) is 0 Å². The number of rotatable bonds is 4. The normalized spacial score (nSPS) is 9.43. The molecule has 0 radical (unpaired) electrons. The Morgan fingerprint density at radius 3 is 2.86 bits per heavy atom. The first kappa shape index (κ1) is 7.21. The van der Waals surface area contributed by atoms with Gasteiger partial charge in [0.25, 0.3) is 0 Å². The van der Waals surface area contributed by atoms with Crippen molar-refractivity contribution in [2.45, 2.75) is 0 Å². The van der Waals surface area contributed by atoms with Gasteiger partial charge in [-0.3, -0.25) is 0 Å². The first-order chi connectivity index (χ1) is 3.41. The number of methoxy groups -OCH3 is 1. The van der Waals surface area contributed by atoms with E-state index in [1.54, 1.807) is 7.11 Å². The van der Waals surface area contributed by atoms with Crippen molar-refractivity contribution in [3.8, 4) is 0 Å². The summed E-state index contributed by atoms with van der Waals surface area (Å²) in [4.78, 5) is 0. The van der Waals surface area contributed by atoms with E-state index in [0.29, 0.717) is 6.00 Å². The summed E-state index contributed by atoms with van der Waals surface area (Å²) in [6, 6.07) is 0.503. The van der Waals surface area contributed by atoms with Crippen LogP contribution in [0.1, 0.15) is 0 Å². The number of halogens is 1. The zero-order valence-electron chi connectivity index (χ0n) is 4.41. The first-order valence-corrected chi connectivity index (χ1v) is 2.71. The number of hydrogen-bond acceptors (Lipinski definition) is 2. The Bertz CT molecular complexity index is 30.9. The molecule has 2 nitrogen and oxygen atoms in total. The van der Waals surface area contributed by atoms with Crippen molar-refractivity contribution in [1.82, 2.24) is 5.32 Å². The molecule has 0 saturated heterocycles. The molecule has 0 aromatic heterocycles. The molecular formula is C4H10ClNO. The van der Waals surface area contributed by atoms with Crippen LogP contribution in [0.25, 0.3) is 0 Å². The maximum absolute atomic E-state index is 5.27. The van der Waals surface area contributed by atoms with Crippen molar-refractivity contribution in [2.24, 2.45) is 0 Å². The largest absolute Gasteiger partial charge is 0.383 e. The van der Waals surface area contributed by atoms with Crippen molar-refractivity contribution in [2.75, 3.05) is 26.3 Å². The predicted molar refractivity (Wildman–Crippen MR) is 30.6 cm³/mol. The van der Waals surface area contributed by atoms with E-state index >= 15 is 0 Å². The summed E-state index contributed by atoms with van der Waals surface area (Å²) in [5.74, 6) is 0. The maximum Gasteiger partial charge on any atom is 0.0714 e. The van der Waals surface area contributed by atoms with Crippen LogP contribution in [0.2, 0.25) is 0 Å². The van der Waals surface area contributed by atoms with Crippen LogP contribution >= 0.6 is 11.6 Å². The fraction of sp³-hybridized carbons (Fsp3) is 1.00. The molecule has 0 atom stereocenters. The molecule has 0 heterocycles. The minimum atomic E-state index is 0.503. The molecule has 0 unspecified atom stereocenters. The Balaban J connectivity index is 2.45. The molecule has 0 aliphatic rings. The second kappa shape index (κ2) is 6.21. The predicted octanol–water partition coefficient (Wildman–Crippen LogP) is 0.419. The van der Waals surface area contributed by atoms with Gasteiger partial charge < -0.3 is 10.1 Å². The molecule has 0 aromatic rings. The molecule has 0 aliphatic heterocycles. The fourth-order valence-corrected chi connectivity index (χ4v) is 0.375. The number of nitrogens with one attached hydrogen (secondary N) is 1. The van der Waals surface area contributed by atoms with Crippen LogP contribution in [-0.2, 0) is 4.74 Å². The van der Waals surface area contributed by atoms with Gasteiger partial charge in [0.1, 0.15) is 0 Å². The van der Waals surface area contributed by atoms with Gasteiger partial charge in [-0.1, -0.05) is 0 Å². The lowest BCUT2D eigenvalue weighted by Gasteiger charge is -1.95. The molecule has 0 spiro atoms. The van der Waals surface area contributed by atoms with Crippen LogP contribution in [0.15, 0.2) is 0 Å². The molecular weight excluding hydrogens is 114 g/mol. The Kier molecular flexibility index (Phi) is 6.40. The summed E-state index contributed by atoms with van der Waals surface area (Å²) in [5.41, 5.74) is 0. The van der Waals surface area contributed by atoms with Gasteiger partial charge >= 0.3 is 0 Å². The number of ether oxygens (including phenoxy) is 1. The smallest absolute Gasteiger partial charge is 0.0714 e.